The van der Waals surface area contributed by atoms with Crippen LogP contribution in [0.3, 0.4) is 0 Å². The summed E-state index contributed by atoms with van der Waals surface area (Å²) in [6.45, 7) is 3.36. The number of alkyl halides is 3. The Labute approximate surface area is 85.4 Å². The summed E-state index contributed by atoms with van der Waals surface area (Å²) in [7, 11) is 0. The number of halogens is 3. The Bertz CT molecular complexity index is 250. The summed E-state index contributed by atoms with van der Waals surface area (Å²) in [5, 5.41) is 0. The fraction of sp³-hybridized carbons (Fsp3) is 0.571. The van der Waals surface area contributed by atoms with Crippen molar-refractivity contribution in [1.29, 1.82) is 0 Å². The summed E-state index contributed by atoms with van der Waals surface area (Å²) in [4.78, 5) is 10.2. The molecule has 2 nitrogen and oxygen atoms in total. The molecule has 68 valence electrons. The van der Waals surface area contributed by atoms with Gasteiger partial charge in [-0.2, -0.15) is 0 Å². The number of ether oxygens (including phenoxy) is 1. The van der Waals surface area contributed by atoms with Crippen LogP contribution in [0.2, 0.25) is 0 Å². The highest BCUT2D eigenvalue weighted by Gasteiger charge is 2.49. The fourth-order valence-electron chi connectivity index (χ4n) is 0.884. The van der Waals surface area contributed by atoms with Gasteiger partial charge in [0.1, 0.15) is 0 Å². The summed E-state index contributed by atoms with van der Waals surface area (Å²) in [5.74, 6) is -0.699. The van der Waals surface area contributed by atoms with Crippen molar-refractivity contribution in [3.63, 3.8) is 0 Å². The average Bonchev–Trinajstić information content (AvgIpc) is 2.06. The topological polar surface area (TPSA) is 26.3 Å². The van der Waals surface area contributed by atoms with Gasteiger partial charge in [0.25, 0.3) is 0 Å². The van der Waals surface area contributed by atoms with Crippen LogP contribution in [0, 0.1) is 0 Å². The second-order valence-electron chi connectivity index (χ2n) is 2.98. The van der Waals surface area contributed by atoms with Crippen LogP contribution in [0.15, 0.2) is 11.8 Å². The molecule has 0 aromatic heterocycles. The predicted octanol–water partition coefficient (Wildman–Crippen LogP) is 2.62. The molecule has 0 N–H and O–H groups in total. The molecule has 0 aromatic carbocycles. The molecule has 0 fully saturated rings. The van der Waals surface area contributed by atoms with Gasteiger partial charge in [-0.3, -0.25) is 0 Å². The van der Waals surface area contributed by atoms with Gasteiger partial charge in [-0.25, -0.2) is 4.79 Å². The first-order chi connectivity index (χ1) is 5.26. The molecule has 0 aromatic rings. The zero-order chi connectivity index (χ0) is 9.57. The summed E-state index contributed by atoms with van der Waals surface area (Å²) in [5.41, 5.74) is 0.366. The number of carbonyl (C=O) groups is 1. The lowest BCUT2D eigenvalue weighted by Crippen LogP contribution is -2.32. The van der Waals surface area contributed by atoms with Crippen LogP contribution in [0.1, 0.15) is 13.8 Å². The van der Waals surface area contributed by atoms with Crippen molar-refractivity contribution in [1.82, 2.24) is 0 Å². The molecule has 0 saturated carbocycles. The van der Waals surface area contributed by atoms with E-state index >= 15 is 0 Å². The molecule has 0 radical (unpaired) electrons. The minimum atomic E-state index is -1.63. The van der Waals surface area contributed by atoms with Gasteiger partial charge in [0.05, 0.1) is 11.1 Å². The average molecular weight is 229 g/mol. The van der Waals surface area contributed by atoms with Crippen LogP contribution in [-0.4, -0.2) is 15.2 Å². The Morgan fingerprint density at radius 2 is 2.00 bits per heavy atom. The molecular formula is C7H7Cl3O2. The number of rotatable bonds is 1. The molecule has 0 unspecified atom stereocenters. The van der Waals surface area contributed by atoms with Crippen molar-refractivity contribution in [2.45, 2.75) is 23.1 Å². The number of cyclic esters (lactones) is 1. The lowest BCUT2D eigenvalue weighted by Gasteiger charge is -2.22. The third-order valence-corrected chi connectivity index (χ3v) is 2.44. The van der Waals surface area contributed by atoms with Crippen LogP contribution >= 0.6 is 34.8 Å². The Hall–Kier alpha value is 0.0800. The van der Waals surface area contributed by atoms with E-state index in [0.29, 0.717) is 5.57 Å². The van der Waals surface area contributed by atoms with E-state index in [4.69, 9.17) is 34.8 Å². The highest BCUT2D eigenvalue weighted by atomic mass is 35.5. The first kappa shape index (κ1) is 10.2. The molecule has 0 atom stereocenters. The Kier molecular flexibility index (Phi) is 2.36. The summed E-state index contributed by atoms with van der Waals surface area (Å²) in [6.07, 6.45) is 1.20. The van der Waals surface area contributed by atoms with E-state index < -0.39 is 15.2 Å². The van der Waals surface area contributed by atoms with Gasteiger partial charge >= 0.3 is 5.97 Å². The minimum Gasteiger partial charge on any atom is -0.432 e. The van der Waals surface area contributed by atoms with Crippen LogP contribution in [0.25, 0.3) is 0 Å². The number of esters is 1. The van der Waals surface area contributed by atoms with Gasteiger partial charge in [0, 0.05) is 5.57 Å². The molecule has 1 heterocycles. The van der Waals surface area contributed by atoms with E-state index in [9.17, 15) is 4.79 Å². The minimum absolute atomic E-state index is 0.366. The molecule has 0 spiro atoms. The second kappa shape index (κ2) is 2.79. The molecule has 5 heteroatoms. The molecule has 0 aliphatic carbocycles. The second-order valence-corrected chi connectivity index (χ2v) is 5.26. The van der Waals surface area contributed by atoms with E-state index in [0.717, 1.165) is 0 Å². The SMILES string of the molecule is CC(C)(Cl)C1=COC(=O)C1(Cl)Cl. The van der Waals surface area contributed by atoms with E-state index in [1.54, 1.807) is 13.8 Å². The van der Waals surface area contributed by atoms with Crippen LogP contribution in [0.5, 0.6) is 0 Å². The largest absolute Gasteiger partial charge is 0.432 e. The molecular weight excluding hydrogens is 222 g/mol. The lowest BCUT2D eigenvalue weighted by atomic mass is 10.0. The van der Waals surface area contributed by atoms with Gasteiger partial charge in [-0.05, 0) is 13.8 Å². The summed E-state index contributed by atoms with van der Waals surface area (Å²) < 4.78 is 2.92. The quantitative estimate of drug-likeness (QED) is 0.510. The zero-order valence-electron chi connectivity index (χ0n) is 6.53. The molecule has 12 heavy (non-hydrogen) atoms. The normalized spacial score (nSPS) is 22.1. The molecule has 0 amide bonds. The fourth-order valence-corrected chi connectivity index (χ4v) is 1.82. The first-order valence-corrected chi connectivity index (χ1v) is 4.38. The van der Waals surface area contributed by atoms with Gasteiger partial charge in [-0.1, -0.05) is 23.2 Å². The third-order valence-electron chi connectivity index (χ3n) is 1.52. The standard InChI is InChI=1S/C7H7Cl3O2/c1-6(2,8)4-3-12-5(11)7(4,9)10/h3H,1-2H3. The predicted molar refractivity (Wildman–Crippen MR) is 48.5 cm³/mol. The summed E-state index contributed by atoms with van der Waals surface area (Å²) >= 11 is 17.3. The zero-order valence-corrected chi connectivity index (χ0v) is 8.80. The Morgan fingerprint density at radius 3 is 2.17 bits per heavy atom. The molecule has 1 aliphatic heterocycles. The molecule has 1 rings (SSSR count). The summed E-state index contributed by atoms with van der Waals surface area (Å²) in [6, 6.07) is 0. The molecule has 0 saturated heterocycles. The highest BCUT2D eigenvalue weighted by Crippen LogP contribution is 2.44. The van der Waals surface area contributed by atoms with E-state index in [1.165, 1.54) is 6.26 Å². The first-order valence-electron chi connectivity index (χ1n) is 3.25. The number of hydrogen-bond acceptors (Lipinski definition) is 2. The third kappa shape index (κ3) is 1.56. The van der Waals surface area contributed by atoms with Gasteiger partial charge in [0.2, 0.25) is 4.33 Å². The van der Waals surface area contributed by atoms with Gasteiger partial charge in [-0.15, -0.1) is 11.6 Å². The van der Waals surface area contributed by atoms with Crippen molar-refractivity contribution in [2.75, 3.05) is 0 Å². The van der Waals surface area contributed by atoms with Crippen molar-refractivity contribution in [3.8, 4) is 0 Å². The smallest absolute Gasteiger partial charge is 0.352 e. The maximum Gasteiger partial charge on any atom is 0.352 e. The van der Waals surface area contributed by atoms with Crippen molar-refractivity contribution < 1.29 is 9.53 Å². The lowest BCUT2D eigenvalue weighted by molar-refractivity contribution is -0.136. The Balaban J connectivity index is 3.03. The van der Waals surface area contributed by atoms with E-state index in [1.807, 2.05) is 0 Å². The number of hydrogen-bond donors (Lipinski definition) is 0. The monoisotopic (exact) mass is 228 g/mol. The maximum atomic E-state index is 11.0. The highest BCUT2D eigenvalue weighted by molar-refractivity contribution is 6.60. The van der Waals surface area contributed by atoms with Crippen molar-refractivity contribution in [2.24, 2.45) is 0 Å². The van der Waals surface area contributed by atoms with Crippen LogP contribution < -0.4 is 0 Å². The van der Waals surface area contributed by atoms with Gasteiger partial charge < -0.3 is 4.74 Å². The van der Waals surface area contributed by atoms with Crippen LogP contribution in [0.4, 0.5) is 0 Å². The van der Waals surface area contributed by atoms with E-state index in [-0.39, 0.29) is 0 Å². The Morgan fingerprint density at radius 1 is 1.50 bits per heavy atom. The maximum absolute atomic E-state index is 11.0. The number of carbonyl (C=O) groups excluding carboxylic acids is 1. The van der Waals surface area contributed by atoms with Crippen molar-refractivity contribution in [3.05, 3.63) is 11.8 Å². The van der Waals surface area contributed by atoms with Gasteiger partial charge in [0.15, 0.2) is 0 Å². The van der Waals surface area contributed by atoms with Crippen molar-refractivity contribution >= 4 is 40.8 Å². The van der Waals surface area contributed by atoms with E-state index in [2.05, 4.69) is 4.74 Å². The molecule has 0 bridgehead atoms. The molecule has 1 aliphatic rings. The van der Waals surface area contributed by atoms with Crippen LogP contribution in [-0.2, 0) is 9.53 Å².